The molecule has 0 spiro atoms. The van der Waals surface area contributed by atoms with Gasteiger partial charge in [0.1, 0.15) is 5.69 Å². The highest BCUT2D eigenvalue weighted by Crippen LogP contribution is 2.24. The fourth-order valence-corrected chi connectivity index (χ4v) is 2.88. The van der Waals surface area contributed by atoms with Gasteiger partial charge in [-0.05, 0) is 36.5 Å². The Balaban J connectivity index is 1.67. The van der Waals surface area contributed by atoms with Crippen LogP contribution >= 0.6 is 0 Å². The highest BCUT2D eigenvalue weighted by molar-refractivity contribution is 6.03. The summed E-state index contributed by atoms with van der Waals surface area (Å²) in [6.45, 7) is 5.66. The van der Waals surface area contributed by atoms with Crippen molar-refractivity contribution in [2.24, 2.45) is 0 Å². The number of rotatable bonds is 6. The van der Waals surface area contributed by atoms with Crippen molar-refractivity contribution in [2.75, 3.05) is 23.8 Å². The number of amides is 1. The van der Waals surface area contributed by atoms with Crippen molar-refractivity contribution in [3.63, 3.8) is 0 Å². The van der Waals surface area contributed by atoms with Crippen molar-refractivity contribution >= 4 is 17.5 Å². The van der Waals surface area contributed by atoms with Crippen LogP contribution in [0.1, 0.15) is 48.7 Å². The topological polar surface area (TPSA) is 76.1 Å². The molecule has 1 unspecified atom stereocenters. The fraction of sp³-hybridized carbons (Fsp3) is 0.421. The summed E-state index contributed by atoms with van der Waals surface area (Å²) >= 11 is 0. The van der Waals surface area contributed by atoms with Gasteiger partial charge in [-0.25, -0.2) is 9.97 Å². The smallest absolute Gasteiger partial charge is 0.274 e. The molecular formula is C19H24N4O2. The van der Waals surface area contributed by atoms with Gasteiger partial charge < -0.3 is 15.4 Å². The van der Waals surface area contributed by atoms with Crippen molar-refractivity contribution < 1.29 is 9.53 Å². The zero-order valence-electron chi connectivity index (χ0n) is 14.7. The Morgan fingerprint density at radius 1 is 1.32 bits per heavy atom. The first-order valence-electron chi connectivity index (χ1n) is 8.72. The minimum atomic E-state index is -0.240. The quantitative estimate of drug-likeness (QED) is 0.842. The van der Waals surface area contributed by atoms with E-state index < -0.39 is 0 Å². The van der Waals surface area contributed by atoms with E-state index >= 15 is 0 Å². The minimum absolute atomic E-state index is 0.194. The van der Waals surface area contributed by atoms with E-state index in [9.17, 15) is 4.79 Å². The molecule has 1 aromatic heterocycles. The predicted molar refractivity (Wildman–Crippen MR) is 98.0 cm³/mol. The predicted octanol–water partition coefficient (Wildman–Crippen LogP) is 3.44. The number of anilines is 2. The lowest BCUT2D eigenvalue weighted by Gasteiger charge is -2.14. The lowest BCUT2D eigenvalue weighted by Crippen LogP contribution is -2.21. The monoisotopic (exact) mass is 340 g/mol. The Morgan fingerprint density at radius 3 is 2.92 bits per heavy atom. The maximum Gasteiger partial charge on any atom is 0.274 e. The lowest BCUT2D eigenvalue weighted by atomic mass is 10.0. The molecular weight excluding hydrogens is 316 g/mol. The van der Waals surface area contributed by atoms with Gasteiger partial charge >= 0.3 is 0 Å². The van der Waals surface area contributed by atoms with Gasteiger partial charge in [0.05, 0.1) is 6.10 Å². The van der Waals surface area contributed by atoms with Gasteiger partial charge in [0.2, 0.25) is 5.95 Å². The van der Waals surface area contributed by atoms with E-state index in [0.717, 1.165) is 30.7 Å². The number of nitrogens with zero attached hydrogens (tertiary/aromatic N) is 2. The molecule has 0 radical (unpaired) electrons. The number of ether oxygens (including phenoxy) is 1. The molecule has 2 aromatic rings. The summed E-state index contributed by atoms with van der Waals surface area (Å²) in [6, 6.07) is 9.43. The van der Waals surface area contributed by atoms with Crippen molar-refractivity contribution in [1.82, 2.24) is 9.97 Å². The minimum Gasteiger partial charge on any atom is -0.376 e. The summed E-state index contributed by atoms with van der Waals surface area (Å²) in [4.78, 5) is 21.0. The van der Waals surface area contributed by atoms with Crippen LogP contribution in [0.5, 0.6) is 0 Å². The summed E-state index contributed by atoms with van der Waals surface area (Å²) in [5.41, 5.74) is 2.25. The SMILES string of the molecule is CC(C)c1ccccc1NC(=O)c1ccnc(NCC2CCCO2)n1. The van der Waals surface area contributed by atoms with Crippen molar-refractivity contribution in [2.45, 2.75) is 38.7 Å². The third kappa shape index (κ3) is 4.54. The summed E-state index contributed by atoms with van der Waals surface area (Å²) in [7, 11) is 0. The highest BCUT2D eigenvalue weighted by Gasteiger charge is 2.16. The van der Waals surface area contributed by atoms with Gasteiger partial charge in [0, 0.05) is 25.0 Å². The van der Waals surface area contributed by atoms with Crippen molar-refractivity contribution in [3.8, 4) is 0 Å². The molecule has 0 aliphatic carbocycles. The standard InChI is InChI=1S/C19H24N4O2/c1-13(2)15-7-3-4-8-16(15)22-18(24)17-9-10-20-19(23-17)21-12-14-6-5-11-25-14/h3-4,7-10,13-14H,5-6,11-12H2,1-2H3,(H,22,24)(H,20,21,23). The first-order valence-corrected chi connectivity index (χ1v) is 8.72. The molecule has 0 saturated carbocycles. The molecule has 1 amide bonds. The number of hydrogen-bond acceptors (Lipinski definition) is 5. The third-order valence-corrected chi connectivity index (χ3v) is 4.23. The Labute approximate surface area is 148 Å². The lowest BCUT2D eigenvalue weighted by molar-refractivity contribution is 0.102. The zero-order valence-corrected chi connectivity index (χ0v) is 14.7. The van der Waals surface area contributed by atoms with E-state index in [1.165, 1.54) is 0 Å². The molecule has 1 aliphatic heterocycles. The summed E-state index contributed by atoms with van der Waals surface area (Å²) in [5.74, 6) is 0.529. The summed E-state index contributed by atoms with van der Waals surface area (Å²) in [6.07, 6.45) is 3.91. The number of para-hydroxylation sites is 1. The molecule has 6 nitrogen and oxygen atoms in total. The first-order chi connectivity index (χ1) is 12.1. The number of aromatic nitrogens is 2. The van der Waals surface area contributed by atoms with Crippen LogP contribution in [0.25, 0.3) is 0 Å². The highest BCUT2D eigenvalue weighted by atomic mass is 16.5. The Bertz CT molecular complexity index is 727. The van der Waals surface area contributed by atoms with E-state index in [2.05, 4.69) is 34.4 Å². The maximum absolute atomic E-state index is 12.5. The summed E-state index contributed by atoms with van der Waals surface area (Å²) in [5, 5.41) is 6.10. The average molecular weight is 340 g/mol. The summed E-state index contributed by atoms with van der Waals surface area (Å²) < 4.78 is 5.57. The van der Waals surface area contributed by atoms with E-state index in [4.69, 9.17) is 4.74 Å². The number of benzene rings is 1. The molecule has 132 valence electrons. The number of hydrogen-bond donors (Lipinski definition) is 2. The average Bonchev–Trinajstić information content (AvgIpc) is 3.14. The second-order valence-corrected chi connectivity index (χ2v) is 6.48. The van der Waals surface area contributed by atoms with Crippen LogP contribution in [0.4, 0.5) is 11.6 Å². The molecule has 25 heavy (non-hydrogen) atoms. The fourth-order valence-electron chi connectivity index (χ4n) is 2.88. The second-order valence-electron chi connectivity index (χ2n) is 6.48. The van der Waals surface area contributed by atoms with Gasteiger partial charge in [-0.2, -0.15) is 0 Å². The van der Waals surface area contributed by atoms with Gasteiger partial charge in [0.25, 0.3) is 5.91 Å². The van der Waals surface area contributed by atoms with Gasteiger partial charge in [-0.15, -0.1) is 0 Å². The molecule has 3 rings (SSSR count). The number of carbonyl (C=O) groups is 1. The third-order valence-electron chi connectivity index (χ3n) is 4.23. The number of carbonyl (C=O) groups excluding carboxylic acids is 1. The van der Waals surface area contributed by atoms with Gasteiger partial charge in [0.15, 0.2) is 0 Å². The van der Waals surface area contributed by atoms with E-state index in [1.54, 1.807) is 12.3 Å². The van der Waals surface area contributed by atoms with Crippen molar-refractivity contribution in [3.05, 3.63) is 47.8 Å². The Morgan fingerprint density at radius 2 is 2.16 bits per heavy atom. The van der Waals surface area contributed by atoms with Gasteiger partial charge in [-0.3, -0.25) is 4.79 Å². The normalized spacial score (nSPS) is 16.8. The maximum atomic E-state index is 12.5. The van der Waals surface area contributed by atoms with Crippen LogP contribution in [0, 0.1) is 0 Å². The van der Waals surface area contributed by atoms with Crippen LogP contribution in [-0.2, 0) is 4.74 Å². The second kappa shape index (κ2) is 8.07. The van der Waals surface area contributed by atoms with E-state index in [-0.39, 0.29) is 12.0 Å². The first kappa shape index (κ1) is 17.4. The largest absolute Gasteiger partial charge is 0.376 e. The van der Waals surface area contributed by atoms with Crippen LogP contribution in [0.15, 0.2) is 36.5 Å². The molecule has 0 bridgehead atoms. The van der Waals surface area contributed by atoms with Crippen LogP contribution < -0.4 is 10.6 Å². The van der Waals surface area contributed by atoms with Crippen LogP contribution in [0.2, 0.25) is 0 Å². The Kier molecular flexibility index (Phi) is 5.60. The zero-order chi connectivity index (χ0) is 17.6. The Hall–Kier alpha value is -2.47. The molecule has 1 atom stereocenters. The molecule has 1 fully saturated rings. The number of nitrogens with one attached hydrogen (secondary N) is 2. The van der Waals surface area contributed by atoms with Gasteiger partial charge in [-0.1, -0.05) is 32.0 Å². The van der Waals surface area contributed by atoms with Crippen LogP contribution in [0.3, 0.4) is 0 Å². The molecule has 6 heteroatoms. The van der Waals surface area contributed by atoms with E-state index in [1.807, 2.05) is 24.3 Å². The molecule has 1 aromatic carbocycles. The molecule has 2 N–H and O–H groups in total. The molecule has 1 saturated heterocycles. The van der Waals surface area contributed by atoms with E-state index in [0.29, 0.717) is 24.1 Å². The van der Waals surface area contributed by atoms with Crippen LogP contribution in [-0.4, -0.2) is 35.1 Å². The molecule has 2 heterocycles. The van der Waals surface area contributed by atoms with Crippen molar-refractivity contribution in [1.29, 1.82) is 0 Å². The molecule has 1 aliphatic rings.